The predicted molar refractivity (Wildman–Crippen MR) is 147 cm³/mol. The molecule has 0 heterocycles. The zero-order chi connectivity index (χ0) is 21.8. The molecule has 3 N–H and O–H groups in total. The molecule has 2 aromatic rings. The summed E-state index contributed by atoms with van der Waals surface area (Å²) in [5.74, 6) is 1.57. The number of hydrogen-bond donors (Lipinski definition) is 2. The van der Waals surface area contributed by atoms with Gasteiger partial charge < -0.3 is 11.1 Å². The SMILES string of the molecule is CCCc1ccc2c(c1)CCC1C(C(C)NCCc3ccccc3CN)CCCC21C.Cl.Cl. The summed E-state index contributed by atoms with van der Waals surface area (Å²) in [6, 6.07) is 16.6. The van der Waals surface area contributed by atoms with Crippen molar-refractivity contribution in [1.82, 2.24) is 5.32 Å². The van der Waals surface area contributed by atoms with Crippen LogP contribution < -0.4 is 11.1 Å². The molecule has 33 heavy (non-hydrogen) atoms. The van der Waals surface area contributed by atoms with Gasteiger partial charge in [-0.3, -0.25) is 0 Å². The van der Waals surface area contributed by atoms with E-state index in [4.69, 9.17) is 5.73 Å². The van der Waals surface area contributed by atoms with Gasteiger partial charge in [0.2, 0.25) is 0 Å². The normalized spacial score (nSPS) is 24.6. The maximum absolute atomic E-state index is 5.93. The monoisotopic (exact) mass is 490 g/mol. The third kappa shape index (κ3) is 5.96. The lowest BCUT2D eigenvalue weighted by Gasteiger charge is -2.52. The summed E-state index contributed by atoms with van der Waals surface area (Å²) >= 11 is 0. The minimum atomic E-state index is 0. The van der Waals surface area contributed by atoms with Gasteiger partial charge in [0.1, 0.15) is 0 Å². The van der Waals surface area contributed by atoms with E-state index in [0.29, 0.717) is 18.0 Å². The molecule has 0 amide bonds. The molecule has 0 radical (unpaired) electrons. The van der Waals surface area contributed by atoms with E-state index in [1.165, 1.54) is 61.6 Å². The van der Waals surface area contributed by atoms with Gasteiger partial charge in [0.05, 0.1) is 0 Å². The highest BCUT2D eigenvalue weighted by Gasteiger charge is 2.47. The van der Waals surface area contributed by atoms with E-state index in [2.05, 4.69) is 68.6 Å². The highest BCUT2D eigenvalue weighted by molar-refractivity contribution is 5.85. The molecule has 2 aliphatic rings. The van der Waals surface area contributed by atoms with Crippen molar-refractivity contribution in [2.24, 2.45) is 17.6 Å². The Balaban J connectivity index is 0.00000193. The summed E-state index contributed by atoms with van der Waals surface area (Å²) in [4.78, 5) is 0. The van der Waals surface area contributed by atoms with Gasteiger partial charge in [0.15, 0.2) is 0 Å². The van der Waals surface area contributed by atoms with E-state index in [9.17, 15) is 0 Å². The predicted octanol–water partition coefficient (Wildman–Crippen LogP) is 6.78. The fourth-order valence-corrected chi connectivity index (χ4v) is 6.78. The van der Waals surface area contributed by atoms with Crippen LogP contribution in [-0.4, -0.2) is 12.6 Å². The molecule has 0 saturated heterocycles. The number of halogens is 2. The third-order valence-corrected chi connectivity index (χ3v) is 8.46. The van der Waals surface area contributed by atoms with Crippen molar-refractivity contribution in [2.45, 2.75) is 90.1 Å². The summed E-state index contributed by atoms with van der Waals surface area (Å²) in [6.07, 6.45) is 10.2. The zero-order valence-corrected chi connectivity index (χ0v) is 22.4. The third-order valence-electron chi connectivity index (χ3n) is 8.46. The molecular weight excluding hydrogens is 447 g/mol. The van der Waals surface area contributed by atoms with Gasteiger partial charge in [-0.15, -0.1) is 24.8 Å². The summed E-state index contributed by atoms with van der Waals surface area (Å²) < 4.78 is 0. The highest BCUT2D eigenvalue weighted by Crippen LogP contribution is 2.53. The molecule has 0 bridgehead atoms. The molecule has 1 saturated carbocycles. The van der Waals surface area contributed by atoms with Crippen molar-refractivity contribution < 1.29 is 0 Å². The van der Waals surface area contributed by atoms with Crippen LogP contribution in [0.3, 0.4) is 0 Å². The van der Waals surface area contributed by atoms with Gasteiger partial charge in [-0.2, -0.15) is 0 Å². The lowest BCUT2D eigenvalue weighted by Crippen LogP contribution is -2.50. The molecule has 2 nitrogen and oxygen atoms in total. The molecule has 4 atom stereocenters. The second kappa shape index (κ2) is 12.6. The Labute approximate surface area is 214 Å². The number of aryl methyl sites for hydroxylation is 2. The Hall–Kier alpha value is -1.06. The second-order valence-electron chi connectivity index (χ2n) is 10.3. The van der Waals surface area contributed by atoms with E-state index in [1.54, 1.807) is 11.1 Å². The Morgan fingerprint density at radius 1 is 1.06 bits per heavy atom. The Bertz CT molecular complexity index is 884. The van der Waals surface area contributed by atoms with Crippen LogP contribution in [0, 0.1) is 11.8 Å². The maximum Gasteiger partial charge on any atom is 0.0180 e. The number of fused-ring (bicyclic) bond motifs is 3. The number of benzene rings is 2. The first-order valence-electron chi connectivity index (χ1n) is 12.7. The van der Waals surface area contributed by atoms with Crippen LogP contribution in [0.1, 0.15) is 80.7 Å². The Morgan fingerprint density at radius 3 is 2.55 bits per heavy atom. The average molecular weight is 492 g/mol. The Kier molecular flexibility index (Phi) is 10.7. The summed E-state index contributed by atoms with van der Waals surface area (Å²) in [7, 11) is 0. The molecule has 4 unspecified atom stereocenters. The summed E-state index contributed by atoms with van der Waals surface area (Å²) in [5.41, 5.74) is 13.8. The number of nitrogens with two attached hydrogens (primary N) is 1. The van der Waals surface area contributed by atoms with Gasteiger partial charge in [-0.1, -0.05) is 69.2 Å². The zero-order valence-electron chi connectivity index (χ0n) is 20.7. The van der Waals surface area contributed by atoms with E-state index in [1.807, 2.05) is 0 Å². The minimum Gasteiger partial charge on any atom is -0.326 e. The summed E-state index contributed by atoms with van der Waals surface area (Å²) in [5, 5.41) is 3.91. The molecular formula is C29H44Cl2N2. The maximum atomic E-state index is 5.93. The quantitative estimate of drug-likeness (QED) is 0.427. The van der Waals surface area contributed by atoms with Crippen molar-refractivity contribution in [3.63, 3.8) is 0 Å². The van der Waals surface area contributed by atoms with Crippen molar-refractivity contribution in [3.05, 3.63) is 70.3 Å². The first kappa shape index (κ1) is 28.2. The van der Waals surface area contributed by atoms with Crippen LogP contribution >= 0.6 is 24.8 Å². The lowest BCUT2D eigenvalue weighted by atomic mass is 9.53. The molecule has 0 spiro atoms. The van der Waals surface area contributed by atoms with Crippen LogP contribution in [0.5, 0.6) is 0 Å². The van der Waals surface area contributed by atoms with Crippen LogP contribution in [0.25, 0.3) is 0 Å². The smallest absolute Gasteiger partial charge is 0.0180 e. The molecule has 1 fully saturated rings. The van der Waals surface area contributed by atoms with E-state index >= 15 is 0 Å². The second-order valence-corrected chi connectivity index (χ2v) is 10.3. The molecule has 4 rings (SSSR count). The average Bonchev–Trinajstić information content (AvgIpc) is 2.78. The lowest BCUT2D eigenvalue weighted by molar-refractivity contribution is 0.0831. The first-order chi connectivity index (χ1) is 15.1. The van der Waals surface area contributed by atoms with Crippen LogP contribution in [-0.2, 0) is 31.2 Å². The van der Waals surface area contributed by atoms with Crippen LogP contribution in [0.4, 0.5) is 0 Å². The van der Waals surface area contributed by atoms with Gasteiger partial charge >= 0.3 is 0 Å². The minimum absolute atomic E-state index is 0. The molecule has 0 aliphatic heterocycles. The van der Waals surface area contributed by atoms with Crippen LogP contribution in [0.15, 0.2) is 42.5 Å². The van der Waals surface area contributed by atoms with E-state index in [0.717, 1.165) is 24.8 Å². The van der Waals surface area contributed by atoms with Crippen molar-refractivity contribution in [3.8, 4) is 0 Å². The number of hydrogen-bond acceptors (Lipinski definition) is 2. The van der Waals surface area contributed by atoms with Crippen molar-refractivity contribution >= 4 is 24.8 Å². The molecule has 0 aromatic heterocycles. The Morgan fingerprint density at radius 2 is 1.82 bits per heavy atom. The largest absolute Gasteiger partial charge is 0.326 e. The van der Waals surface area contributed by atoms with Gasteiger partial charge in [0, 0.05) is 12.6 Å². The van der Waals surface area contributed by atoms with E-state index < -0.39 is 0 Å². The highest BCUT2D eigenvalue weighted by atomic mass is 35.5. The summed E-state index contributed by atoms with van der Waals surface area (Å²) in [6.45, 7) is 8.96. The van der Waals surface area contributed by atoms with Gasteiger partial charge in [-0.25, -0.2) is 0 Å². The van der Waals surface area contributed by atoms with Gasteiger partial charge in [-0.05, 0) is 97.1 Å². The molecule has 4 heteroatoms. The fourth-order valence-electron chi connectivity index (χ4n) is 6.78. The van der Waals surface area contributed by atoms with Gasteiger partial charge in [0.25, 0.3) is 0 Å². The standard InChI is InChI=1S/C29H42N2.2ClH/c1-4-8-22-12-14-27-24(19-22)13-15-28-26(11-7-17-29(27,28)3)21(2)31-18-16-23-9-5-6-10-25(23)20-30;;/h5-6,9-10,12,14,19,21,26,28,31H,4,7-8,11,13,15-18,20,30H2,1-3H3;2*1H. The van der Waals surface area contributed by atoms with Crippen LogP contribution in [0.2, 0.25) is 0 Å². The van der Waals surface area contributed by atoms with E-state index in [-0.39, 0.29) is 24.8 Å². The number of rotatable bonds is 8. The fraction of sp³-hybridized carbons (Fsp3) is 0.586. The first-order valence-corrected chi connectivity index (χ1v) is 12.7. The molecule has 2 aliphatic carbocycles. The topological polar surface area (TPSA) is 38.0 Å². The van der Waals surface area contributed by atoms with Crippen molar-refractivity contribution in [1.29, 1.82) is 0 Å². The number of nitrogens with one attached hydrogen (secondary N) is 1. The molecule has 184 valence electrons. The van der Waals surface area contributed by atoms with Crippen molar-refractivity contribution in [2.75, 3.05) is 6.54 Å². The molecule has 2 aromatic carbocycles.